The van der Waals surface area contributed by atoms with Crippen molar-refractivity contribution in [2.45, 2.75) is 19.3 Å². The molecular weight excluding hydrogens is 707 g/mol. The van der Waals surface area contributed by atoms with E-state index in [1.807, 2.05) is 24.3 Å². The van der Waals surface area contributed by atoms with Crippen molar-refractivity contribution in [3.63, 3.8) is 0 Å². The van der Waals surface area contributed by atoms with Gasteiger partial charge >= 0.3 is 0 Å². The second kappa shape index (κ2) is 13.4. The zero-order chi connectivity index (χ0) is 38.8. The van der Waals surface area contributed by atoms with E-state index in [-0.39, 0.29) is 5.41 Å². The van der Waals surface area contributed by atoms with E-state index in [0.717, 1.165) is 60.9 Å². The van der Waals surface area contributed by atoms with Crippen LogP contribution in [0.2, 0.25) is 0 Å². The summed E-state index contributed by atoms with van der Waals surface area (Å²) in [4.78, 5) is 15.3. The van der Waals surface area contributed by atoms with E-state index in [1.165, 1.54) is 33.4 Å². The van der Waals surface area contributed by atoms with Gasteiger partial charge in [0, 0.05) is 32.9 Å². The van der Waals surface area contributed by atoms with Crippen LogP contribution in [0.1, 0.15) is 25.0 Å². The van der Waals surface area contributed by atoms with Gasteiger partial charge in [0.25, 0.3) is 0 Å². The van der Waals surface area contributed by atoms with E-state index in [2.05, 4.69) is 178 Å². The van der Waals surface area contributed by atoms with Gasteiger partial charge in [-0.15, -0.1) is 0 Å². The number of rotatable bonds is 6. The minimum Gasteiger partial charge on any atom is -0.456 e. The quantitative estimate of drug-likeness (QED) is 0.170. The lowest BCUT2D eigenvalue weighted by molar-refractivity contribution is 0.660. The smallest absolute Gasteiger partial charge is 0.164 e. The third-order valence-electron chi connectivity index (χ3n) is 11.7. The summed E-state index contributed by atoms with van der Waals surface area (Å²) >= 11 is 0. The summed E-state index contributed by atoms with van der Waals surface area (Å²) in [7, 11) is 0. The predicted octanol–water partition coefficient (Wildman–Crippen LogP) is 14.1. The summed E-state index contributed by atoms with van der Waals surface area (Å²) in [6.45, 7) is 4.60. The maximum absolute atomic E-state index is 6.47. The van der Waals surface area contributed by atoms with Crippen molar-refractivity contribution in [2.24, 2.45) is 0 Å². The molecule has 1 aliphatic carbocycles. The molecule has 0 radical (unpaired) electrons. The van der Waals surface area contributed by atoms with Gasteiger partial charge in [-0.3, -0.25) is 0 Å². The van der Waals surface area contributed by atoms with Crippen molar-refractivity contribution in [2.75, 3.05) is 0 Å². The average Bonchev–Trinajstić information content (AvgIpc) is 3.78. The van der Waals surface area contributed by atoms with Crippen LogP contribution in [0, 0.1) is 0 Å². The Morgan fingerprint density at radius 1 is 0.345 bits per heavy atom. The molecular formula is C54H37N3O. The molecule has 58 heavy (non-hydrogen) atoms. The van der Waals surface area contributed by atoms with Crippen LogP contribution in [0.4, 0.5) is 0 Å². The summed E-state index contributed by atoms with van der Waals surface area (Å²) in [5, 5.41) is 2.25. The van der Waals surface area contributed by atoms with E-state index in [9.17, 15) is 0 Å². The van der Waals surface area contributed by atoms with Crippen LogP contribution in [-0.4, -0.2) is 15.0 Å². The molecule has 4 heteroatoms. The molecule has 0 fully saturated rings. The molecule has 0 atom stereocenters. The van der Waals surface area contributed by atoms with E-state index in [0.29, 0.717) is 17.5 Å². The molecule has 0 saturated carbocycles. The third kappa shape index (κ3) is 5.64. The number of fused-ring (bicyclic) bond motifs is 6. The summed E-state index contributed by atoms with van der Waals surface area (Å²) in [6.07, 6.45) is 0. The molecule has 0 saturated heterocycles. The van der Waals surface area contributed by atoms with Gasteiger partial charge in [-0.25, -0.2) is 15.0 Å². The van der Waals surface area contributed by atoms with Crippen LogP contribution in [0.25, 0.3) is 101 Å². The fraction of sp³-hybridized carbons (Fsp3) is 0.0556. The minimum atomic E-state index is -0.0750. The highest BCUT2D eigenvalue weighted by Crippen LogP contribution is 2.49. The number of nitrogens with zero attached hydrogens (tertiary/aromatic N) is 3. The number of hydrogen-bond donors (Lipinski definition) is 0. The summed E-state index contributed by atoms with van der Waals surface area (Å²) in [5.41, 5.74) is 16.4. The van der Waals surface area contributed by atoms with E-state index in [1.54, 1.807) is 0 Å². The van der Waals surface area contributed by atoms with Crippen molar-refractivity contribution < 1.29 is 4.42 Å². The maximum atomic E-state index is 6.47. The van der Waals surface area contributed by atoms with Crippen molar-refractivity contribution in [3.8, 4) is 78.7 Å². The molecule has 4 nitrogen and oxygen atoms in total. The molecule has 2 aromatic heterocycles. The normalized spacial score (nSPS) is 12.8. The van der Waals surface area contributed by atoms with Gasteiger partial charge in [-0.05, 0) is 92.0 Å². The Kier molecular flexibility index (Phi) is 7.80. The number of hydrogen-bond acceptors (Lipinski definition) is 4. The van der Waals surface area contributed by atoms with Crippen LogP contribution in [0.3, 0.4) is 0 Å². The van der Waals surface area contributed by atoms with Crippen molar-refractivity contribution in [1.29, 1.82) is 0 Å². The number of furan rings is 1. The average molecular weight is 744 g/mol. The van der Waals surface area contributed by atoms with Crippen LogP contribution >= 0.6 is 0 Å². The largest absolute Gasteiger partial charge is 0.456 e. The van der Waals surface area contributed by atoms with Crippen LogP contribution in [0.5, 0.6) is 0 Å². The lowest BCUT2D eigenvalue weighted by atomic mass is 9.82. The lowest BCUT2D eigenvalue weighted by Gasteiger charge is -2.21. The first-order valence-electron chi connectivity index (χ1n) is 19.8. The maximum Gasteiger partial charge on any atom is 0.164 e. The second-order valence-corrected chi connectivity index (χ2v) is 15.6. The molecule has 0 bridgehead atoms. The van der Waals surface area contributed by atoms with Gasteiger partial charge in [0.2, 0.25) is 0 Å². The van der Waals surface area contributed by atoms with E-state index < -0.39 is 0 Å². The highest BCUT2D eigenvalue weighted by molar-refractivity contribution is 6.13. The Morgan fingerprint density at radius 3 is 1.57 bits per heavy atom. The summed E-state index contributed by atoms with van der Waals surface area (Å²) in [5.74, 6) is 1.93. The predicted molar refractivity (Wildman–Crippen MR) is 237 cm³/mol. The van der Waals surface area contributed by atoms with Crippen molar-refractivity contribution >= 4 is 21.9 Å². The molecule has 0 unspecified atom stereocenters. The minimum absolute atomic E-state index is 0.0750. The molecule has 0 amide bonds. The molecule has 11 rings (SSSR count). The Hall–Kier alpha value is -7.43. The zero-order valence-corrected chi connectivity index (χ0v) is 32.1. The van der Waals surface area contributed by atoms with Crippen molar-refractivity contribution in [3.05, 3.63) is 199 Å². The molecule has 0 aliphatic heterocycles. The third-order valence-corrected chi connectivity index (χ3v) is 11.7. The lowest BCUT2D eigenvalue weighted by Crippen LogP contribution is -2.14. The number of aromatic nitrogens is 3. The summed E-state index contributed by atoms with van der Waals surface area (Å²) in [6, 6.07) is 66.1. The first kappa shape index (κ1) is 33.9. The molecule has 274 valence electrons. The fourth-order valence-electron chi connectivity index (χ4n) is 8.79. The van der Waals surface area contributed by atoms with Gasteiger partial charge in [0.05, 0.1) is 0 Å². The standard InChI is InChI=1S/C54H37N3O/c1-54(2)46-24-10-9-22-43(46)45-32-41(27-29-47(45)54)53-56-51(35-16-7-4-8-17-35)55-52(57-53)40-21-12-20-38(31-40)36-18-11-19-37(30-36)39-26-28-44-49(33-39)58-48-25-13-23-42(50(44)48)34-14-5-3-6-15-34/h3-33H,1-2H3. The monoisotopic (exact) mass is 743 g/mol. The molecule has 0 spiro atoms. The Labute approximate surface area is 337 Å². The Balaban J connectivity index is 0.975. The molecule has 0 N–H and O–H groups in total. The van der Waals surface area contributed by atoms with Crippen molar-refractivity contribution in [1.82, 2.24) is 15.0 Å². The van der Waals surface area contributed by atoms with E-state index in [4.69, 9.17) is 19.4 Å². The molecule has 10 aromatic rings. The van der Waals surface area contributed by atoms with Crippen LogP contribution < -0.4 is 0 Å². The van der Waals surface area contributed by atoms with E-state index >= 15 is 0 Å². The first-order valence-corrected chi connectivity index (χ1v) is 19.8. The Morgan fingerprint density at radius 2 is 0.845 bits per heavy atom. The van der Waals surface area contributed by atoms with Crippen LogP contribution in [-0.2, 0) is 5.41 Å². The molecule has 1 aliphatic rings. The second-order valence-electron chi connectivity index (χ2n) is 15.6. The van der Waals surface area contributed by atoms with Gasteiger partial charge in [0.1, 0.15) is 11.2 Å². The van der Waals surface area contributed by atoms with Crippen LogP contribution in [0.15, 0.2) is 192 Å². The van der Waals surface area contributed by atoms with Gasteiger partial charge in [0.15, 0.2) is 17.5 Å². The van der Waals surface area contributed by atoms with Gasteiger partial charge in [-0.1, -0.05) is 166 Å². The summed E-state index contributed by atoms with van der Waals surface area (Å²) < 4.78 is 6.47. The SMILES string of the molecule is CC1(C)c2ccccc2-c2cc(-c3nc(-c4ccccc4)nc(-c4cccc(-c5cccc(-c6ccc7c(c6)oc6cccc(-c8ccccc8)c67)c5)c4)n3)ccc21. The first-order chi connectivity index (χ1) is 28.5. The van der Waals surface area contributed by atoms with Gasteiger partial charge in [-0.2, -0.15) is 0 Å². The zero-order valence-electron chi connectivity index (χ0n) is 32.1. The highest BCUT2D eigenvalue weighted by Gasteiger charge is 2.35. The number of benzene rings is 8. The topological polar surface area (TPSA) is 51.8 Å². The fourth-order valence-corrected chi connectivity index (χ4v) is 8.79. The van der Waals surface area contributed by atoms with Gasteiger partial charge < -0.3 is 4.42 Å². The highest BCUT2D eigenvalue weighted by atomic mass is 16.3. The molecule has 8 aromatic carbocycles. The molecule has 2 heterocycles. The Bertz CT molecular complexity index is 3200.